The number of hydrogen-bond acceptors (Lipinski definition) is 6. The standard InChI is InChI=1S/C25H33N5O4/c26-23(27)19-11-8-18(9-12-19)15-29-24(33)21-7-4-14-30(21)25(34)20(28-16-22(31)32)13-10-17-5-2-1-3-6-17/h1-3,5-6,8-9,11-12,20-21,25,28,34H,4,7,10,13-16H2,(H3,26,27)(H,29,33)(H,31,32)/t20-,21+,25?/m1/s1. The van der Waals surface area contributed by atoms with E-state index >= 15 is 0 Å². The first-order valence-electron chi connectivity index (χ1n) is 11.5. The first-order chi connectivity index (χ1) is 16.3. The van der Waals surface area contributed by atoms with Crippen LogP contribution in [0.25, 0.3) is 0 Å². The van der Waals surface area contributed by atoms with Gasteiger partial charge in [-0.25, -0.2) is 0 Å². The Bertz CT molecular complexity index is 967. The van der Waals surface area contributed by atoms with Crippen LogP contribution in [0.15, 0.2) is 54.6 Å². The molecule has 1 amide bonds. The number of nitrogens with zero attached hydrogens (tertiary/aromatic N) is 1. The van der Waals surface area contributed by atoms with Crippen LogP contribution in [0.5, 0.6) is 0 Å². The Hall–Kier alpha value is -3.27. The Morgan fingerprint density at radius 3 is 2.47 bits per heavy atom. The summed E-state index contributed by atoms with van der Waals surface area (Å²) in [4.78, 5) is 25.8. The molecule has 3 atom stereocenters. The molecular formula is C25H33N5O4. The number of benzene rings is 2. The normalized spacial score (nSPS) is 17.7. The van der Waals surface area contributed by atoms with E-state index in [1.54, 1.807) is 17.0 Å². The van der Waals surface area contributed by atoms with E-state index in [0.29, 0.717) is 37.9 Å². The molecule has 182 valence electrons. The molecule has 3 rings (SSSR count). The number of rotatable bonds is 12. The zero-order chi connectivity index (χ0) is 24.5. The average Bonchev–Trinajstić information content (AvgIpc) is 3.33. The smallest absolute Gasteiger partial charge is 0.317 e. The monoisotopic (exact) mass is 467 g/mol. The van der Waals surface area contributed by atoms with E-state index in [1.165, 1.54) is 0 Å². The van der Waals surface area contributed by atoms with Gasteiger partial charge in [-0.05, 0) is 36.8 Å². The number of carbonyl (C=O) groups is 2. The van der Waals surface area contributed by atoms with Gasteiger partial charge in [0.25, 0.3) is 0 Å². The maximum atomic E-state index is 12.9. The van der Waals surface area contributed by atoms with Crippen molar-refractivity contribution in [2.24, 2.45) is 5.73 Å². The molecule has 9 nitrogen and oxygen atoms in total. The number of carboxylic acids is 1. The van der Waals surface area contributed by atoms with E-state index in [-0.39, 0.29) is 18.3 Å². The maximum Gasteiger partial charge on any atom is 0.317 e. The van der Waals surface area contributed by atoms with Gasteiger partial charge in [0.1, 0.15) is 12.1 Å². The van der Waals surface area contributed by atoms with Crippen molar-refractivity contribution in [1.29, 1.82) is 5.41 Å². The molecule has 9 heteroatoms. The minimum absolute atomic E-state index is 0.00973. The van der Waals surface area contributed by atoms with Crippen LogP contribution in [0.3, 0.4) is 0 Å². The lowest BCUT2D eigenvalue weighted by molar-refractivity contribution is -0.137. The summed E-state index contributed by atoms with van der Waals surface area (Å²) < 4.78 is 0. The third-order valence-corrected chi connectivity index (χ3v) is 6.13. The van der Waals surface area contributed by atoms with E-state index in [1.807, 2.05) is 42.5 Å². The van der Waals surface area contributed by atoms with Gasteiger partial charge in [0, 0.05) is 24.7 Å². The van der Waals surface area contributed by atoms with Gasteiger partial charge in [0.15, 0.2) is 0 Å². The molecule has 0 aliphatic carbocycles. The molecular weight excluding hydrogens is 434 g/mol. The van der Waals surface area contributed by atoms with E-state index < -0.39 is 24.3 Å². The number of likely N-dealkylation sites (tertiary alicyclic amines) is 1. The van der Waals surface area contributed by atoms with E-state index in [4.69, 9.17) is 16.2 Å². The van der Waals surface area contributed by atoms with Crippen molar-refractivity contribution in [1.82, 2.24) is 15.5 Å². The summed E-state index contributed by atoms with van der Waals surface area (Å²) in [6.45, 7) is 0.618. The Labute approximate surface area is 199 Å². The van der Waals surface area contributed by atoms with Gasteiger partial charge in [-0.15, -0.1) is 0 Å². The number of aliphatic carboxylic acids is 1. The SMILES string of the molecule is N=C(N)c1ccc(CNC(=O)[C@@H]2CCCN2C(O)[C@@H](CCc2ccccc2)NCC(=O)O)cc1. The van der Waals surface area contributed by atoms with Crippen LogP contribution in [-0.2, 0) is 22.6 Å². The Balaban J connectivity index is 1.61. The number of nitrogens with one attached hydrogen (secondary N) is 3. The number of hydrogen-bond donors (Lipinski definition) is 6. The second kappa shape index (κ2) is 12.3. The van der Waals surface area contributed by atoms with Crippen LogP contribution in [0.1, 0.15) is 36.0 Å². The fourth-order valence-corrected chi connectivity index (χ4v) is 4.27. The van der Waals surface area contributed by atoms with Crippen molar-refractivity contribution in [2.45, 2.75) is 50.5 Å². The van der Waals surface area contributed by atoms with Crippen LogP contribution in [-0.4, -0.2) is 64.2 Å². The number of carboxylic acid groups (broad SMARTS) is 1. The van der Waals surface area contributed by atoms with Crippen LogP contribution in [0.2, 0.25) is 0 Å². The number of nitrogen functional groups attached to an aromatic ring is 1. The second-order valence-electron chi connectivity index (χ2n) is 8.54. The summed E-state index contributed by atoms with van der Waals surface area (Å²) in [7, 11) is 0. The molecule has 1 heterocycles. The summed E-state index contributed by atoms with van der Waals surface area (Å²) >= 11 is 0. The molecule has 34 heavy (non-hydrogen) atoms. The molecule has 1 saturated heterocycles. The number of carbonyl (C=O) groups excluding carboxylic acids is 1. The zero-order valence-corrected chi connectivity index (χ0v) is 19.1. The summed E-state index contributed by atoms with van der Waals surface area (Å²) in [6.07, 6.45) is 1.61. The average molecular weight is 468 g/mol. The molecule has 1 fully saturated rings. The highest BCUT2D eigenvalue weighted by Gasteiger charge is 2.37. The molecule has 2 aromatic rings. The Morgan fingerprint density at radius 1 is 1.12 bits per heavy atom. The van der Waals surface area contributed by atoms with E-state index in [9.17, 15) is 14.7 Å². The fourth-order valence-electron chi connectivity index (χ4n) is 4.27. The number of aliphatic hydroxyl groups is 1. The number of aliphatic hydroxyl groups excluding tert-OH is 1. The van der Waals surface area contributed by atoms with Gasteiger partial charge in [0.2, 0.25) is 5.91 Å². The van der Waals surface area contributed by atoms with Gasteiger partial charge < -0.3 is 26.6 Å². The highest BCUT2D eigenvalue weighted by Crippen LogP contribution is 2.23. The van der Waals surface area contributed by atoms with Gasteiger partial charge in [-0.1, -0.05) is 54.6 Å². The number of amidine groups is 1. The number of nitrogens with two attached hydrogens (primary N) is 1. The van der Waals surface area contributed by atoms with Gasteiger partial charge in [0.05, 0.1) is 12.6 Å². The van der Waals surface area contributed by atoms with Crippen molar-refractivity contribution in [2.75, 3.05) is 13.1 Å². The molecule has 1 aliphatic heterocycles. The summed E-state index contributed by atoms with van der Waals surface area (Å²) in [6, 6.07) is 15.9. The van der Waals surface area contributed by atoms with Gasteiger partial charge >= 0.3 is 5.97 Å². The van der Waals surface area contributed by atoms with Crippen molar-refractivity contribution >= 4 is 17.7 Å². The topological polar surface area (TPSA) is 152 Å². The first kappa shape index (κ1) is 25.4. The Morgan fingerprint density at radius 2 is 1.82 bits per heavy atom. The predicted octanol–water partition coefficient (Wildman–Crippen LogP) is 1.05. The van der Waals surface area contributed by atoms with Crippen molar-refractivity contribution in [3.8, 4) is 0 Å². The largest absolute Gasteiger partial charge is 0.480 e. The van der Waals surface area contributed by atoms with Gasteiger partial charge in [-0.3, -0.25) is 19.9 Å². The number of aryl methyl sites for hydroxylation is 1. The van der Waals surface area contributed by atoms with E-state index in [0.717, 1.165) is 17.5 Å². The summed E-state index contributed by atoms with van der Waals surface area (Å²) in [5.41, 5.74) is 8.08. The second-order valence-corrected chi connectivity index (χ2v) is 8.54. The zero-order valence-electron chi connectivity index (χ0n) is 19.1. The molecule has 0 spiro atoms. The van der Waals surface area contributed by atoms with Crippen molar-refractivity contribution < 1.29 is 19.8 Å². The van der Waals surface area contributed by atoms with Crippen LogP contribution in [0.4, 0.5) is 0 Å². The van der Waals surface area contributed by atoms with E-state index in [2.05, 4.69) is 10.6 Å². The van der Waals surface area contributed by atoms with Crippen LogP contribution in [0, 0.1) is 5.41 Å². The Kier molecular flexibility index (Phi) is 9.15. The lowest BCUT2D eigenvalue weighted by Crippen LogP contribution is -2.55. The molecule has 7 N–H and O–H groups in total. The summed E-state index contributed by atoms with van der Waals surface area (Å²) in [5, 5.41) is 33.6. The van der Waals surface area contributed by atoms with Crippen LogP contribution < -0.4 is 16.4 Å². The lowest BCUT2D eigenvalue weighted by Gasteiger charge is -2.34. The minimum Gasteiger partial charge on any atom is -0.480 e. The molecule has 1 aliphatic rings. The fraction of sp³-hybridized carbons (Fsp3) is 0.400. The quantitative estimate of drug-likeness (QED) is 0.202. The minimum atomic E-state index is -0.997. The first-order valence-corrected chi connectivity index (χ1v) is 11.5. The van der Waals surface area contributed by atoms with Crippen molar-refractivity contribution in [3.05, 3.63) is 71.3 Å². The lowest BCUT2D eigenvalue weighted by atomic mass is 10.0. The van der Waals surface area contributed by atoms with Crippen molar-refractivity contribution in [3.63, 3.8) is 0 Å². The molecule has 2 aromatic carbocycles. The number of amides is 1. The molecule has 0 bridgehead atoms. The third kappa shape index (κ3) is 7.11. The highest BCUT2D eigenvalue weighted by atomic mass is 16.4. The molecule has 1 unspecified atom stereocenters. The highest BCUT2D eigenvalue weighted by molar-refractivity contribution is 5.94. The van der Waals surface area contributed by atoms with Crippen LogP contribution >= 0.6 is 0 Å². The molecule has 0 radical (unpaired) electrons. The molecule has 0 saturated carbocycles. The maximum absolute atomic E-state index is 12.9. The summed E-state index contributed by atoms with van der Waals surface area (Å²) in [5.74, 6) is -1.18. The third-order valence-electron chi connectivity index (χ3n) is 6.13. The van der Waals surface area contributed by atoms with Gasteiger partial charge in [-0.2, -0.15) is 0 Å². The predicted molar refractivity (Wildman–Crippen MR) is 129 cm³/mol. The molecule has 0 aromatic heterocycles.